The van der Waals surface area contributed by atoms with E-state index in [1.54, 1.807) is 25.1 Å². The highest BCUT2D eigenvalue weighted by Gasteiger charge is 2.33. The van der Waals surface area contributed by atoms with Gasteiger partial charge in [0.25, 0.3) is 0 Å². The maximum absolute atomic E-state index is 11.8. The van der Waals surface area contributed by atoms with Crippen LogP contribution in [0.1, 0.15) is 50.7 Å². The summed E-state index contributed by atoms with van der Waals surface area (Å²) in [5, 5.41) is 11.3. The highest BCUT2D eigenvalue weighted by atomic mass is 35.5. The Morgan fingerprint density at radius 2 is 2.04 bits per heavy atom. The molecule has 0 bridgehead atoms. The lowest BCUT2D eigenvalue weighted by Gasteiger charge is -2.25. The smallest absolute Gasteiger partial charge is 0.306 e. The third kappa shape index (κ3) is 4.93. The van der Waals surface area contributed by atoms with Crippen molar-refractivity contribution in [1.82, 2.24) is 0 Å². The minimum absolute atomic E-state index is 0.118. The Hall–Kier alpha value is -1.10. The quantitative estimate of drug-likeness (QED) is 0.804. The summed E-state index contributed by atoms with van der Waals surface area (Å²) in [6.07, 6.45) is 0.799. The molecular weight excluding hydrogens is 339 g/mol. The van der Waals surface area contributed by atoms with Crippen LogP contribution in [0.4, 0.5) is 0 Å². The molecule has 23 heavy (non-hydrogen) atoms. The van der Waals surface area contributed by atoms with Gasteiger partial charge in [0.2, 0.25) is 0 Å². The number of halogens is 2. The van der Waals surface area contributed by atoms with Gasteiger partial charge in [0.05, 0.1) is 0 Å². The molecule has 4 nitrogen and oxygen atoms in total. The zero-order chi connectivity index (χ0) is 17.0. The van der Waals surface area contributed by atoms with Crippen LogP contribution in [0.3, 0.4) is 0 Å². The van der Waals surface area contributed by atoms with E-state index >= 15 is 0 Å². The molecule has 0 spiro atoms. The molecule has 1 saturated heterocycles. The van der Waals surface area contributed by atoms with Crippen LogP contribution in [0.15, 0.2) is 18.2 Å². The third-order valence-corrected chi connectivity index (χ3v) is 4.82. The van der Waals surface area contributed by atoms with Gasteiger partial charge in [-0.3, -0.25) is 4.79 Å². The van der Waals surface area contributed by atoms with Crippen molar-refractivity contribution in [2.45, 2.75) is 51.2 Å². The molecule has 3 atom stereocenters. The molecule has 1 heterocycles. The maximum Gasteiger partial charge on any atom is 0.306 e. The van der Waals surface area contributed by atoms with Gasteiger partial charge in [-0.1, -0.05) is 29.3 Å². The second kappa shape index (κ2) is 8.13. The van der Waals surface area contributed by atoms with E-state index in [-0.39, 0.29) is 17.7 Å². The number of hydrogen-bond acceptors (Lipinski definition) is 4. The van der Waals surface area contributed by atoms with Crippen molar-refractivity contribution in [3.05, 3.63) is 33.8 Å². The van der Waals surface area contributed by atoms with E-state index in [4.69, 9.17) is 27.9 Å². The predicted octanol–water partition coefficient (Wildman–Crippen LogP) is 4.11. The van der Waals surface area contributed by atoms with Crippen molar-refractivity contribution >= 4 is 35.0 Å². The van der Waals surface area contributed by atoms with Crippen molar-refractivity contribution in [2.24, 2.45) is 5.92 Å². The topological polar surface area (TPSA) is 63.6 Å². The lowest BCUT2D eigenvalue weighted by Crippen LogP contribution is -2.26. The van der Waals surface area contributed by atoms with Gasteiger partial charge < -0.3 is 14.6 Å². The predicted molar refractivity (Wildman–Crippen MR) is 88.6 cm³/mol. The standard InChI is InChI=1S/C17H20Cl2O4/c1-10(20)5-6-11-7-8-15(21)23-14(9-11)17(22)16-12(18)3-2-4-13(16)19/h2-4,11,14,17,22H,5-9H2,1H3/t11-,14+,17-/m0/s1. The highest BCUT2D eigenvalue weighted by molar-refractivity contribution is 6.36. The molecular formula is C17H20Cl2O4. The monoisotopic (exact) mass is 358 g/mol. The molecule has 1 fully saturated rings. The van der Waals surface area contributed by atoms with Crippen molar-refractivity contribution in [2.75, 3.05) is 0 Å². The van der Waals surface area contributed by atoms with E-state index in [0.29, 0.717) is 47.7 Å². The fraction of sp³-hybridized carbons (Fsp3) is 0.529. The Balaban J connectivity index is 2.17. The highest BCUT2D eigenvalue weighted by Crippen LogP contribution is 2.37. The van der Waals surface area contributed by atoms with Crippen LogP contribution >= 0.6 is 23.2 Å². The lowest BCUT2D eigenvalue weighted by atomic mass is 9.89. The number of ether oxygens (including phenoxy) is 1. The van der Waals surface area contributed by atoms with Crippen molar-refractivity contribution in [3.8, 4) is 0 Å². The largest absolute Gasteiger partial charge is 0.459 e. The average molecular weight is 359 g/mol. The molecule has 0 aliphatic carbocycles. The molecule has 1 aliphatic rings. The van der Waals surface area contributed by atoms with E-state index in [2.05, 4.69) is 0 Å². The number of aliphatic hydroxyl groups excluding tert-OH is 1. The normalized spacial score (nSPS) is 23.0. The van der Waals surface area contributed by atoms with Gasteiger partial charge in [0.15, 0.2) is 0 Å². The first kappa shape index (κ1) is 18.2. The zero-order valence-corrected chi connectivity index (χ0v) is 14.4. The van der Waals surface area contributed by atoms with Crippen molar-refractivity contribution < 1.29 is 19.4 Å². The first-order chi connectivity index (χ1) is 10.9. The summed E-state index contributed by atoms with van der Waals surface area (Å²) in [7, 11) is 0. The molecule has 1 aromatic carbocycles. The molecule has 0 amide bonds. The number of rotatable bonds is 5. The summed E-state index contributed by atoms with van der Waals surface area (Å²) in [5.74, 6) is -0.0819. The summed E-state index contributed by atoms with van der Waals surface area (Å²) >= 11 is 12.3. The molecule has 6 heteroatoms. The summed E-state index contributed by atoms with van der Waals surface area (Å²) in [6, 6.07) is 4.96. The number of hydrogen-bond donors (Lipinski definition) is 1. The number of cyclic esters (lactones) is 1. The van der Waals surface area contributed by atoms with E-state index < -0.39 is 12.2 Å². The van der Waals surface area contributed by atoms with Gasteiger partial charge in [-0.05, 0) is 44.2 Å². The summed E-state index contributed by atoms with van der Waals surface area (Å²) in [5.41, 5.74) is 0.376. The van der Waals surface area contributed by atoms with Crippen LogP contribution in [-0.4, -0.2) is 23.0 Å². The molecule has 1 aromatic rings. The van der Waals surface area contributed by atoms with Crippen LogP contribution in [0.25, 0.3) is 0 Å². The minimum atomic E-state index is -1.09. The maximum atomic E-state index is 11.8. The number of ketones is 1. The fourth-order valence-corrected chi connectivity index (χ4v) is 3.51. The SMILES string of the molecule is CC(=O)CC[C@H]1CCC(=O)O[C@@H]([C@H](O)c2c(Cl)cccc2Cl)C1. The molecule has 2 rings (SSSR count). The van der Waals surface area contributed by atoms with Gasteiger partial charge in [0.1, 0.15) is 18.0 Å². The van der Waals surface area contributed by atoms with Gasteiger partial charge in [0, 0.05) is 28.5 Å². The zero-order valence-electron chi connectivity index (χ0n) is 12.9. The third-order valence-electron chi connectivity index (χ3n) is 4.16. The van der Waals surface area contributed by atoms with E-state index in [1.807, 2.05) is 0 Å². The second-order valence-electron chi connectivity index (χ2n) is 5.99. The van der Waals surface area contributed by atoms with Crippen LogP contribution in [0, 0.1) is 5.92 Å². The average Bonchev–Trinajstić information content (AvgIpc) is 2.66. The molecule has 1 aliphatic heterocycles. The number of esters is 1. The Morgan fingerprint density at radius 1 is 1.39 bits per heavy atom. The van der Waals surface area contributed by atoms with Crippen LogP contribution in [0.2, 0.25) is 10.0 Å². The molecule has 0 aromatic heterocycles. The van der Waals surface area contributed by atoms with E-state index in [0.717, 1.165) is 0 Å². The first-order valence-electron chi connectivity index (χ1n) is 7.69. The van der Waals surface area contributed by atoms with Gasteiger partial charge in [-0.15, -0.1) is 0 Å². The van der Waals surface area contributed by atoms with Crippen molar-refractivity contribution in [1.29, 1.82) is 0 Å². The van der Waals surface area contributed by atoms with Crippen LogP contribution in [-0.2, 0) is 14.3 Å². The first-order valence-corrected chi connectivity index (χ1v) is 8.45. The lowest BCUT2D eigenvalue weighted by molar-refractivity contribution is -0.154. The molecule has 126 valence electrons. The number of Topliss-reactive ketones (excluding diaryl/α,β-unsaturated/α-hetero) is 1. The molecule has 1 N–H and O–H groups in total. The van der Waals surface area contributed by atoms with E-state index in [9.17, 15) is 14.7 Å². The summed E-state index contributed by atoms with van der Waals surface area (Å²) < 4.78 is 5.38. The second-order valence-corrected chi connectivity index (χ2v) is 6.80. The Labute approximate surface area is 145 Å². The molecule has 0 unspecified atom stereocenters. The molecule has 0 saturated carbocycles. The summed E-state index contributed by atoms with van der Waals surface area (Å²) in [4.78, 5) is 23.0. The summed E-state index contributed by atoms with van der Waals surface area (Å²) in [6.45, 7) is 1.55. The minimum Gasteiger partial charge on any atom is -0.459 e. The van der Waals surface area contributed by atoms with Crippen LogP contribution < -0.4 is 0 Å². The van der Waals surface area contributed by atoms with Gasteiger partial charge in [-0.2, -0.15) is 0 Å². The number of carbonyl (C=O) groups is 2. The number of benzene rings is 1. The Morgan fingerprint density at radius 3 is 2.65 bits per heavy atom. The fourth-order valence-electron chi connectivity index (χ4n) is 2.89. The Bertz CT molecular complexity index is 568. The Kier molecular flexibility index (Phi) is 6.45. The number of carbonyl (C=O) groups excluding carboxylic acids is 2. The van der Waals surface area contributed by atoms with Crippen LogP contribution in [0.5, 0.6) is 0 Å². The van der Waals surface area contributed by atoms with E-state index in [1.165, 1.54) is 0 Å². The number of aliphatic hydroxyl groups is 1. The van der Waals surface area contributed by atoms with Gasteiger partial charge in [-0.25, -0.2) is 0 Å². The van der Waals surface area contributed by atoms with Crippen molar-refractivity contribution in [3.63, 3.8) is 0 Å². The molecule has 0 radical (unpaired) electrons. The van der Waals surface area contributed by atoms with Gasteiger partial charge >= 0.3 is 5.97 Å².